The summed E-state index contributed by atoms with van der Waals surface area (Å²) in [5, 5.41) is 4.16. The van der Waals surface area contributed by atoms with Gasteiger partial charge in [-0.2, -0.15) is 5.10 Å². The molecule has 1 aromatic heterocycles. The Kier molecular flexibility index (Phi) is 2.44. The molecule has 2 atom stereocenters. The zero-order valence-corrected chi connectivity index (χ0v) is 8.97. The number of Topliss-reactive ketones (excluding diaryl/α,β-unsaturated/α-hetero) is 1. The van der Waals surface area contributed by atoms with Crippen molar-refractivity contribution in [2.24, 2.45) is 18.7 Å². The van der Waals surface area contributed by atoms with Gasteiger partial charge in [-0.25, -0.2) is 0 Å². The maximum absolute atomic E-state index is 12.1. The molecule has 4 nitrogen and oxygen atoms in total. The van der Waals surface area contributed by atoms with Crippen LogP contribution in [0.2, 0.25) is 0 Å². The van der Waals surface area contributed by atoms with Gasteiger partial charge in [0.05, 0.1) is 11.3 Å². The minimum absolute atomic E-state index is 0.0240. The van der Waals surface area contributed by atoms with E-state index in [-0.39, 0.29) is 17.7 Å². The Labute approximate surface area is 88.8 Å². The number of hydrogen-bond acceptors (Lipinski definition) is 3. The molecule has 80 valence electrons. The van der Waals surface area contributed by atoms with Crippen LogP contribution in [0.5, 0.6) is 0 Å². The average molecular weight is 205 g/mol. The van der Waals surface area contributed by atoms with E-state index in [1.165, 1.54) is 0 Å². The molecule has 0 spiro atoms. The minimum Gasteiger partial charge on any atom is -0.324 e. The summed E-state index contributed by atoms with van der Waals surface area (Å²) in [6, 6.07) is 0.0240. The molecule has 2 N–H and O–H groups in total. The zero-order valence-electron chi connectivity index (χ0n) is 8.97. The molecule has 1 aromatic rings. The highest BCUT2D eigenvalue weighted by atomic mass is 16.1. The van der Waals surface area contributed by atoms with Gasteiger partial charge < -0.3 is 5.73 Å². The molecule has 0 bridgehead atoms. The second-order valence-corrected chi connectivity index (χ2v) is 4.06. The van der Waals surface area contributed by atoms with Crippen molar-refractivity contribution in [1.29, 1.82) is 0 Å². The summed E-state index contributed by atoms with van der Waals surface area (Å²) < 4.78 is 1.67. The van der Waals surface area contributed by atoms with Crippen LogP contribution in [-0.4, -0.2) is 21.6 Å². The lowest BCUT2D eigenvalue weighted by atomic mass is 9.97. The van der Waals surface area contributed by atoms with E-state index in [2.05, 4.69) is 5.10 Å². The minimum atomic E-state index is -0.0668. The first-order valence-corrected chi connectivity index (χ1v) is 5.06. The van der Waals surface area contributed by atoms with E-state index in [1.54, 1.807) is 10.9 Å². The van der Waals surface area contributed by atoms with Crippen LogP contribution in [0.15, 0.2) is 18.3 Å². The summed E-state index contributed by atoms with van der Waals surface area (Å²) in [5.74, 6) is 0.0627. The molecule has 0 aromatic carbocycles. The number of aromatic nitrogens is 2. The van der Waals surface area contributed by atoms with Crippen molar-refractivity contribution < 1.29 is 4.79 Å². The third-order valence-electron chi connectivity index (χ3n) is 2.73. The molecular weight excluding hydrogens is 190 g/mol. The van der Waals surface area contributed by atoms with E-state index in [4.69, 9.17) is 5.73 Å². The molecule has 1 heterocycles. The van der Waals surface area contributed by atoms with Crippen molar-refractivity contribution in [3.05, 3.63) is 29.6 Å². The van der Waals surface area contributed by atoms with Gasteiger partial charge in [-0.3, -0.25) is 9.48 Å². The van der Waals surface area contributed by atoms with Crippen molar-refractivity contribution in [1.82, 2.24) is 9.78 Å². The van der Waals surface area contributed by atoms with Crippen molar-refractivity contribution in [3.63, 3.8) is 0 Å². The molecule has 0 saturated heterocycles. The van der Waals surface area contributed by atoms with Gasteiger partial charge in [0.2, 0.25) is 0 Å². The molecular formula is C11H15N3O. The third kappa shape index (κ3) is 1.85. The lowest BCUT2D eigenvalue weighted by Crippen LogP contribution is -2.19. The quantitative estimate of drug-likeness (QED) is 0.574. The van der Waals surface area contributed by atoms with Gasteiger partial charge >= 0.3 is 0 Å². The summed E-state index contributed by atoms with van der Waals surface area (Å²) in [6.07, 6.45) is 6.29. The van der Waals surface area contributed by atoms with E-state index in [1.807, 2.05) is 26.1 Å². The standard InChI is InChI=1S/C11H15N3O/c1-7-10(6-14(2)13-7)11(15)8-3-4-9(12)5-8/h3-4,6,8-9H,5,12H2,1-2H3. The van der Waals surface area contributed by atoms with Gasteiger partial charge in [0, 0.05) is 25.2 Å². The average Bonchev–Trinajstić information content (AvgIpc) is 2.71. The highest BCUT2D eigenvalue weighted by molar-refractivity contribution is 6.00. The predicted molar refractivity (Wildman–Crippen MR) is 57.5 cm³/mol. The number of allylic oxidation sites excluding steroid dienone is 1. The number of aryl methyl sites for hydroxylation is 2. The van der Waals surface area contributed by atoms with Gasteiger partial charge in [0.1, 0.15) is 0 Å². The fraction of sp³-hybridized carbons (Fsp3) is 0.455. The van der Waals surface area contributed by atoms with Gasteiger partial charge in [0.15, 0.2) is 5.78 Å². The highest BCUT2D eigenvalue weighted by Crippen LogP contribution is 2.22. The van der Waals surface area contributed by atoms with Crippen LogP contribution in [-0.2, 0) is 7.05 Å². The van der Waals surface area contributed by atoms with Gasteiger partial charge in [-0.1, -0.05) is 12.2 Å². The smallest absolute Gasteiger partial charge is 0.173 e. The van der Waals surface area contributed by atoms with Crippen LogP contribution in [0.3, 0.4) is 0 Å². The fourth-order valence-electron chi connectivity index (χ4n) is 1.96. The van der Waals surface area contributed by atoms with E-state index < -0.39 is 0 Å². The Balaban J connectivity index is 2.22. The van der Waals surface area contributed by atoms with Gasteiger partial charge in [-0.05, 0) is 13.3 Å². The largest absolute Gasteiger partial charge is 0.324 e. The summed E-state index contributed by atoms with van der Waals surface area (Å²) >= 11 is 0. The van der Waals surface area contributed by atoms with Crippen LogP contribution in [0.25, 0.3) is 0 Å². The number of nitrogens with two attached hydrogens (primary N) is 1. The second-order valence-electron chi connectivity index (χ2n) is 4.06. The summed E-state index contributed by atoms with van der Waals surface area (Å²) in [4.78, 5) is 12.1. The number of nitrogens with zero attached hydrogens (tertiary/aromatic N) is 2. The molecule has 0 saturated carbocycles. The van der Waals surface area contributed by atoms with E-state index in [0.29, 0.717) is 12.0 Å². The third-order valence-corrected chi connectivity index (χ3v) is 2.73. The molecule has 15 heavy (non-hydrogen) atoms. The SMILES string of the molecule is Cc1nn(C)cc1C(=O)C1C=CC(N)C1. The second kappa shape index (κ2) is 3.62. The number of carbonyl (C=O) groups excluding carboxylic acids is 1. The Bertz CT molecular complexity index is 419. The summed E-state index contributed by atoms with van der Waals surface area (Å²) in [6.45, 7) is 1.85. The number of rotatable bonds is 2. The fourth-order valence-corrected chi connectivity index (χ4v) is 1.96. The first-order valence-electron chi connectivity index (χ1n) is 5.06. The zero-order chi connectivity index (χ0) is 11.0. The van der Waals surface area contributed by atoms with E-state index >= 15 is 0 Å². The molecule has 2 unspecified atom stereocenters. The first-order chi connectivity index (χ1) is 7.08. The Morgan fingerprint density at radius 3 is 2.80 bits per heavy atom. The van der Waals surface area contributed by atoms with E-state index in [0.717, 1.165) is 5.69 Å². The van der Waals surface area contributed by atoms with Gasteiger partial charge in [-0.15, -0.1) is 0 Å². The van der Waals surface area contributed by atoms with Crippen LogP contribution < -0.4 is 5.73 Å². The highest BCUT2D eigenvalue weighted by Gasteiger charge is 2.25. The first kappa shape index (κ1) is 10.1. The number of ketones is 1. The lowest BCUT2D eigenvalue weighted by molar-refractivity contribution is 0.0942. The Hall–Kier alpha value is -1.42. The molecule has 0 aliphatic heterocycles. The normalized spacial score (nSPS) is 24.7. The van der Waals surface area contributed by atoms with Crippen molar-refractivity contribution in [3.8, 4) is 0 Å². The van der Waals surface area contributed by atoms with Crippen LogP contribution in [0.4, 0.5) is 0 Å². The monoisotopic (exact) mass is 205 g/mol. The lowest BCUT2D eigenvalue weighted by Gasteiger charge is -2.06. The molecule has 2 rings (SSSR count). The van der Waals surface area contributed by atoms with Crippen LogP contribution >= 0.6 is 0 Å². The molecule has 0 radical (unpaired) electrons. The summed E-state index contributed by atoms with van der Waals surface area (Å²) in [5.41, 5.74) is 7.22. The predicted octanol–water partition coefficient (Wildman–Crippen LogP) is 0.815. The molecule has 0 fully saturated rings. The number of carbonyl (C=O) groups is 1. The number of hydrogen-bond donors (Lipinski definition) is 1. The summed E-state index contributed by atoms with van der Waals surface area (Å²) in [7, 11) is 1.82. The Morgan fingerprint density at radius 1 is 1.60 bits per heavy atom. The molecule has 1 aliphatic carbocycles. The van der Waals surface area contributed by atoms with Crippen molar-refractivity contribution in [2.45, 2.75) is 19.4 Å². The molecule has 1 aliphatic rings. The van der Waals surface area contributed by atoms with Crippen molar-refractivity contribution >= 4 is 5.78 Å². The van der Waals surface area contributed by atoms with Crippen LogP contribution in [0.1, 0.15) is 22.5 Å². The molecule has 4 heteroatoms. The maximum atomic E-state index is 12.1. The maximum Gasteiger partial charge on any atom is 0.173 e. The van der Waals surface area contributed by atoms with Crippen LogP contribution in [0, 0.1) is 12.8 Å². The van der Waals surface area contributed by atoms with E-state index in [9.17, 15) is 4.79 Å². The van der Waals surface area contributed by atoms with Crippen molar-refractivity contribution in [2.75, 3.05) is 0 Å². The van der Waals surface area contributed by atoms with Gasteiger partial charge in [0.25, 0.3) is 0 Å². The Morgan fingerprint density at radius 2 is 2.33 bits per heavy atom. The molecule has 0 amide bonds. The topological polar surface area (TPSA) is 60.9 Å².